The molecule has 0 atom stereocenters. The number of carbonyl (C=O) groups excluding carboxylic acids is 1. The van der Waals surface area contributed by atoms with Crippen molar-refractivity contribution < 1.29 is 9.53 Å². The second-order valence-electron chi connectivity index (χ2n) is 2.29. The highest BCUT2D eigenvalue weighted by molar-refractivity contribution is 5.98. The first-order chi connectivity index (χ1) is 5.24. The van der Waals surface area contributed by atoms with Gasteiger partial charge in [-0.3, -0.25) is 9.79 Å². The van der Waals surface area contributed by atoms with Gasteiger partial charge in [-0.2, -0.15) is 0 Å². The minimum absolute atomic E-state index is 0.209. The van der Waals surface area contributed by atoms with Crippen LogP contribution >= 0.6 is 0 Å². The Balaban J connectivity index is 3.79. The Kier molecular flexibility index (Phi) is 5.43. The highest BCUT2D eigenvalue weighted by Crippen LogP contribution is 1.97. The summed E-state index contributed by atoms with van der Waals surface area (Å²) >= 11 is 0. The number of carbonyl (C=O) groups is 1. The number of rotatable bonds is 4. The van der Waals surface area contributed by atoms with E-state index in [9.17, 15) is 4.79 Å². The van der Waals surface area contributed by atoms with Crippen LogP contribution in [0.4, 0.5) is 0 Å². The smallest absolute Gasteiger partial charge is 0.311 e. The normalized spacial score (nSPS) is 11.4. The Morgan fingerprint density at radius 1 is 1.55 bits per heavy atom. The van der Waals surface area contributed by atoms with E-state index >= 15 is 0 Å². The highest BCUT2D eigenvalue weighted by Gasteiger charge is 2.04. The lowest BCUT2D eigenvalue weighted by atomic mass is 10.1. The Morgan fingerprint density at radius 2 is 2.18 bits per heavy atom. The van der Waals surface area contributed by atoms with Gasteiger partial charge in [-0.05, 0) is 6.42 Å². The minimum Gasteiger partial charge on any atom is -0.469 e. The molecule has 3 heteroatoms. The summed E-state index contributed by atoms with van der Waals surface area (Å²) in [5.41, 5.74) is 0.916. The van der Waals surface area contributed by atoms with Gasteiger partial charge < -0.3 is 4.74 Å². The van der Waals surface area contributed by atoms with Gasteiger partial charge in [0.05, 0.1) is 13.5 Å². The summed E-state index contributed by atoms with van der Waals surface area (Å²) in [7, 11) is 3.09. The van der Waals surface area contributed by atoms with Gasteiger partial charge >= 0.3 is 5.97 Å². The molecule has 0 aliphatic carbocycles. The van der Waals surface area contributed by atoms with Crippen molar-refractivity contribution >= 4 is 11.7 Å². The Hall–Kier alpha value is -0.860. The first-order valence-corrected chi connectivity index (χ1v) is 3.76. The minimum atomic E-state index is -0.209. The van der Waals surface area contributed by atoms with E-state index in [4.69, 9.17) is 0 Å². The van der Waals surface area contributed by atoms with Crippen molar-refractivity contribution in [1.82, 2.24) is 0 Å². The number of aliphatic imine (C=N–C) groups is 1. The lowest BCUT2D eigenvalue weighted by Gasteiger charge is -2.01. The summed E-state index contributed by atoms with van der Waals surface area (Å²) in [6, 6.07) is 0. The van der Waals surface area contributed by atoms with Gasteiger partial charge in [0, 0.05) is 12.8 Å². The van der Waals surface area contributed by atoms with Crippen LogP contribution in [0.1, 0.15) is 26.2 Å². The number of esters is 1. The van der Waals surface area contributed by atoms with Crippen LogP contribution in [-0.2, 0) is 9.53 Å². The molecule has 0 rings (SSSR count). The van der Waals surface area contributed by atoms with Crippen LogP contribution in [0.5, 0.6) is 0 Å². The Labute approximate surface area is 67.5 Å². The summed E-state index contributed by atoms with van der Waals surface area (Å²) in [5, 5.41) is 0. The molecule has 0 amide bonds. The van der Waals surface area contributed by atoms with Crippen molar-refractivity contribution in [2.24, 2.45) is 4.99 Å². The number of hydrogen-bond acceptors (Lipinski definition) is 3. The van der Waals surface area contributed by atoms with E-state index in [1.165, 1.54) is 7.11 Å². The van der Waals surface area contributed by atoms with Crippen LogP contribution in [0.3, 0.4) is 0 Å². The number of methoxy groups -OCH3 is 1. The van der Waals surface area contributed by atoms with Crippen molar-refractivity contribution in [3.8, 4) is 0 Å². The van der Waals surface area contributed by atoms with Gasteiger partial charge in [-0.15, -0.1) is 0 Å². The van der Waals surface area contributed by atoms with Crippen molar-refractivity contribution in [1.29, 1.82) is 0 Å². The summed E-state index contributed by atoms with van der Waals surface area (Å²) in [5.74, 6) is -0.209. The van der Waals surface area contributed by atoms with Crippen molar-refractivity contribution in [2.75, 3.05) is 14.2 Å². The lowest BCUT2D eigenvalue weighted by Crippen LogP contribution is -2.08. The predicted octanol–water partition coefficient (Wildman–Crippen LogP) is 1.42. The predicted molar refractivity (Wildman–Crippen MR) is 44.9 cm³/mol. The van der Waals surface area contributed by atoms with Crippen LogP contribution in [-0.4, -0.2) is 25.8 Å². The summed E-state index contributed by atoms with van der Waals surface area (Å²) in [4.78, 5) is 14.7. The van der Waals surface area contributed by atoms with Crippen molar-refractivity contribution in [2.45, 2.75) is 26.2 Å². The maximum Gasteiger partial charge on any atom is 0.311 e. The van der Waals surface area contributed by atoms with E-state index in [0.717, 1.165) is 18.6 Å². The molecule has 3 nitrogen and oxygen atoms in total. The molecule has 64 valence electrons. The van der Waals surface area contributed by atoms with Crippen LogP contribution < -0.4 is 0 Å². The molecule has 0 aromatic heterocycles. The van der Waals surface area contributed by atoms with Gasteiger partial charge in [0.15, 0.2) is 0 Å². The van der Waals surface area contributed by atoms with Crippen LogP contribution in [0.25, 0.3) is 0 Å². The van der Waals surface area contributed by atoms with Gasteiger partial charge in [0.2, 0.25) is 0 Å². The number of nitrogens with zero attached hydrogens (tertiary/aromatic N) is 1. The fourth-order valence-electron chi connectivity index (χ4n) is 0.807. The maximum absolute atomic E-state index is 10.8. The van der Waals surface area contributed by atoms with E-state index in [1.807, 2.05) is 0 Å². The highest BCUT2D eigenvalue weighted by atomic mass is 16.5. The van der Waals surface area contributed by atoms with Gasteiger partial charge in [0.1, 0.15) is 0 Å². The molecule has 0 aliphatic rings. The molecule has 0 saturated heterocycles. The largest absolute Gasteiger partial charge is 0.469 e. The Morgan fingerprint density at radius 3 is 2.55 bits per heavy atom. The number of hydrogen-bond donors (Lipinski definition) is 0. The molecular formula is C8H15NO2. The monoisotopic (exact) mass is 157 g/mol. The van der Waals surface area contributed by atoms with Crippen LogP contribution in [0.2, 0.25) is 0 Å². The zero-order chi connectivity index (χ0) is 8.69. The van der Waals surface area contributed by atoms with Crippen LogP contribution in [0, 0.1) is 0 Å². The second-order valence-corrected chi connectivity index (χ2v) is 2.29. The van der Waals surface area contributed by atoms with Gasteiger partial charge in [-0.1, -0.05) is 13.3 Å². The first-order valence-electron chi connectivity index (χ1n) is 3.76. The van der Waals surface area contributed by atoms with Crippen LogP contribution in [0.15, 0.2) is 4.99 Å². The zero-order valence-corrected chi connectivity index (χ0v) is 7.39. The second kappa shape index (κ2) is 5.89. The number of ether oxygens (including phenoxy) is 1. The Bertz CT molecular complexity index is 152. The zero-order valence-electron chi connectivity index (χ0n) is 7.39. The summed E-state index contributed by atoms with van der Waals surface area (Å²) in [6.45, 7) is 2.06. The first kappa shape index (κ1) is 10.1. The standard InChI is InChI=1S/C8H15NO2/c1-4-5-7(9-2)6-8(10)11-3/h4-6H2,1-3H3. The van der Waals surface area contributed by atoms with Gasteiger partial charge in [-0.25, -0.2) is 0 Å². The lowest BCUT2D eigenvalue weighted by molar-refractivity contribution is -0.139. The third-order valence-electron chi connectivity index (χ3n) is 1.43. The fraction of sp³-hybridized carbons (Fsp3) is 0.750. The van der Waals surface area contributed by atoms with Gasteiger partial charge in [0.25, 0.3) is 0 Å². The van der Waals surface area contributed by atoms with E-state index in [-0.39, 0.29) is 5.97 Å². The SMILES string of the molecule is CCCC(CC(=O)OC)=NC. The molecule has 0 aromatic carbocycles. The molecule has 0 aliphatic heterocycles. The van der Waals surface area contributed by atoms with E-state index in [2.05, 4.69) is 16.7 Å². The molecular weight excluding hydrogens is 142 g/mol. The van der Waals surface area contributed by atoms with E-state index in [1.54, 1.807) is 7.05 Å². The van der Waals surface area contributed by atoms with E-state index in [0.29, 0.717) is 6.42 Å². The molecule has 0 saturated carbocycles. The molecule has 0 aromatic rings. The third-order valence-corrected chi connectivity index (χ3v) is 1.43. The summed E-state index contributed by atoms with van der Waals surface area (Å²) in [6.07, 6.45) is 2.23. The quantitative estimate of drug-likeness (QED) is 0.457. The van der Waals surface area contributed by atoms with E-state index < -0.39 is 0 Å². The maximum atomic E-state index is 10.8. The molecule has 0 fully saturated rings. The topological polar surface area (TPSA) is 38.7 Å². The molecule has 0 spiro atoms. The molecule has 0 bridgehead atoms. The molecule has 0 N–H and O–H groups in total. The molecule has 11 heavy (non-hydrogen) atoms. The summed E-state index contributed by atoms with van der Waals surface area (Å²) < 4.78 is 4.51. The average Bonchev–Trinajstić information content (AvgIpc) is 2.03. The molecule has 0 heterocycles. The molecule has 0 radical (unpaired) electrons. The van der Waals surface area contributed by atoms with Crippen molar-refractivity contribution in [3.05, 3.63) is 0 Å². The van der Waals surface area contributed by atoms with Crippen molar-refractivity contribution in [3.63, 3.8) is 0 Å². The third kappa shape index (κ3) is 4.53. The fourth-order valence-corrected chi connectivity index (χ4v) is 0.807. The molecule has 0 unspecified atom stereocenters. The average molecular weight is 157 g/mol.